The SMILES string of the molecule is CC(C)N1C(=O)c2ccc(C(=O)O[C@H](C)C(=O)Nc3ccccc3Cl)cc2C1=O. The van der Waals surface area contributed by atoms with Crippen molar-refractivity contribution in [1.82, 2.24) is 4.90 Å². The number of ether oxygens (including phenoxy) is 1. The van der Waals surface area contributed by atoms with E-state index in [1.165, 1.54) is 25.1 Å². The molecule has 8 heteroatoms. The summed E-state index contributed by atoms with van der Waals surface area (Å²) >= 11 is 6.00. The lowest BCUT2D eigenvalue weighted by atomic mass is 10.1. The molecule has 2 aromatic carbocycles. The summed E-state index contributed by atoms with van der Waals surface area (Å²) in [4.78, 5) is 50.7. The van der Waals surface area contributed by atoms with Crippen LogP contribution in [0.1, 0.15) is 51.8 Å². The minimum atomic E-state index is -1.10. The molecule has 0 fully saturated rings. The number of carbonyl (C=O) groups is 4. The third kappa shape index (κ3) is 4.00. The number of rotatable bonds is 5. The molecule has 150 valence electrons. The fourth-order valence-corrected chi connectivity index (χ4v) is 3.12. The summed E-state index contributed by atoms with van der Waals surface area (Å²) in [5, 5.41) is 2.94. The minimum absolute atomic E-state index is 0.0768. The average Bonchev–Trinajstić information content (AvgIpc) is 2.93. The smallest absolute Gasteiger partial charge is 0.338 e. The van der Waals surface area contributed by atoms with E-state index in [2.05, 4.69) is 5.32 Å². The first-order valence-electron chi connectivity index (χ1n) is 8.99. The second kappa shape index (κ2) is 8.05. The predicted molar refractivity (Wildman–Crippen MR) is 107 cm³/mol. The first-order valence-corrected chi connectivity index (χ1v) is 9.36. The van der Waals surface area contributed by atoms with Crippen molar-refractivity contribution in [3.05, 3.63) is 64.2 Å². The Hall–Kier alpha value is -3.19. The maximum Gasteiger partial charge on any atom is 0.338 e. The van der Waals surface area contributed by atoms with Crippen LogP contribution in [0.4, 0.5) is 5.69 Å². The van der Waals surface area contributed by atoms with Gasteiger partial charge in [-0.15, -0.1) is 0 Å². The molecule has 0 aromatic heterocycles. The Morgan fingerprint density at radius 1 is 1.00 bits per heavy atom. The van der Waals surface area contributed by atoms with Gasteiger partial charge in [-0.25, -0.2) is 4.79 Å². The molecule has 0 spiro atoms. The molecule has 29 heavy (non-hydrogen) atoms. The number of halogens is 1. The van der Waals surface area contributed by atoms with E-state index in [-0.39, 0.29) is 22.7 Å². The number of hydrogen-bond acceptors (Lipinski definition) is 5. The van der Waals surface area contributed by atoms with Gasteiger partial charge in [-0.05, 0) is 51.1 Å². The van der Waals surface area contributed by atoms with Gasteiger partial charge in [-0.1, -0.05) is 23.7 Å². The van der Waals surface area contributed by atoms with Crippen molar-refractivity contribution >= 4 is 41.0 Å². The molecule has 1 N–H and O–H groups in total. The number of anilines is 1. The van der Waals surface area contributed by atoms with Gasteiger partial charge in [-0.2, -0.15) is 0 Å². The van der Waals surface area contributed by atoms with Gasteiger partial charge in [-0.3, -0.25) is 19.3 Å². The Kier molecular flexibility index (Phi) is 5.70. The molecule has 0 saturated carbocycles. The van der Waals surface area contributed by atoms with Crippen molar-refractivity contribution in [2.75, 3.05) is 5.32 Å². The molecule has 0 aliphatic carbocycles. The molecule has 1 aliphatic heterocycles. The van der Waals surface area contributed by atoms with E-state index >= 15 is 0 Å². The highest BCUT2D eigenvalue weighted by Gasteiger charge is 2.37. The molecule has 3 amide bonds. The largest absolute Gasteiger partial charge is 0.449 e. The average molecular weight is 415 g/mol. The van der Waals surface area contributed by atoms with Crippen molar-refractivity contribution in [3.63, 3.8) is 0 Å². The third-order valence-corrected chi connectivity index (χ3v) is 4.78. The summed E-state index contributed by atoms with van der Waals surface area (Å²) in [7, 11) is 0. The second-order valence-corrected chi connectivity index (χ2v) is 7.26. The van der Waals surface area contributed by atoms with Crippen molar-refractivity contribution in [3.8, 4) is 0 Å². The predicted octanol–water partition coefficient (Wildman–Crippen LogP) is 3.53. The van der Waals surface area contributed by atoms with Crippen LogP contribution in [0, 0.1) is 0 Å². The molecule has 0 radical (unpaired) electrons. The Balaban J connectivity index is 1.72. The highest BCUT2D eigenvalue weighted by molar-refractivity contribution is 6.33. The number of fused-ring (bicyclic) bond motifs is 1. The van der Waals surface area contributed by atoms with E-state index < -0.39 is 29.8 Å². The molecule has 0 bridgehead atoms. The first kappa shape index (κ1) is 20.5. The number of imide groups is 1. The van der Waals surface area contributed by atoms with E-state index in [0.29, 0.717) is 10.7 Å². The zero-order valence-corrected chi connectivity index (χ0v) is 16.8. The lowest BCUT2D eigenvalue weighted by Gasteiger charge is -2.17. The van der Waals surface area contributed by atoms with Gasteiger partial charge in [0, 0.05) is 6.04 Å². The molecular weight excluding hydrogens is 396 g/mol. The standard InChI is InChI=1S/C21H19ClN2O5/c1-11(2)24-19(26)14-9-8-13(10-15(14)20(24)27)21(28)29-12(3)18(25)23-17-7-5-4-6-16(17)22/h4-12H,1-3H3,(H,23,25)/t12-/m1/s1. The molecule has 1 aliphatic rings. The maximum absolute atomic E-state index is 12.5. The van der Waals surface area contributed by atoms with E-state index in [9.17, 15) is 19.2 Å². The monoisotopic (exact) mass is 414 g/mol. The topological polar surface area (TPSA) is 92.8 Å². The van der Waals surface area contributed by atoms with Gasteiger partial charge >= 0.3 is 5.97 Å². The van der Waals surface area contributed by atoms with Crippen LogP contribution < -0.4 is 5.32 Å². The summed E-state index contributed by atoms with van der Waals surface area (Å²) in [6, 6.07) is 10.5. The number of benzene rings is 2. The number of hydrogen-bond donors (Lipinski definition) is 1. The molecule has 3 rings (SSSR count). The number of carbonyl (C=O) groups excluding carboxylic acids is 4. The Bertz CT molecular complexity index is 1020. The molecule has 0 unspecified atom stereocenters. The normalized spacial score (nSPS) is 14.0. The van der Waals surface area contributed by atoms with Crippen molar-refractivity contribution in [2.45, 2.75) is 32.9 Å². The van der Waals surface area contributed by atoms with Gasteiger partial charge in [0.25, 0.3) is 17.7 Å². The first-order chi connectivity index (χ1) is 13.7. The van der Waals surface area contributed by atoms with Crippen LogP contribution in [-0.4, -0.2) is 40.7 Å². The molecule has 2 aromatic rings. The van der Waals surface area contributed by atoms with Crippen LogP contribution in [-0.2, 0) is 9.53 Å². The van der Waals surface area contributed by atoms with Crippen molar-refractivity contribution in [2.24, 2.45) is 0 Å². The fraction of sp³-hybridized carbons (Fsp3) is 0.238. The molecule has 1 atom stereocenters. The molecule has 1 heterocycles. The van der Waals surface area contributed by atoms with E-state index in [1.54, 1.807) is 38.1 Å². The van der Waals surface area contributed by atoms with Crippen LogP contribution >= 0.6 is 11.6 Å². The molecule has 7 nitrogen and oxygen atoms in total. The summed E-state index contributed by atoms with van der Waals surface area (Å²) in [6.07, 6.45) is -1.10. The molecule has 0 saturated heterocycles. The third-order valence-electron chi connectivity index (χ3n) is 4.45. The zero-order chi connectivity index (χ0) is 21.3. The van der Waals surface area contributed by atoms with Gasteiger partial charge in [0.1, 0.15) is 0 Å². The lowest BCUT2D eigenvalue weighted by molar-refractivity contribution is -0.123. The van der Waals surface area contributed by atoms with Crippen molar-refractivity contribution < 1.29 is 23.9 Å². The van der Waals surface area contributed by atoms with E-state index in [4.69, 9.17) is 16.3 Å². The maximum atomic E-state index is 12.5. The number of amides is 3. The highest BCUT2D eigenvalue weighted by Crippen LogP contribution is 2.26. The van der Waals surface area contributed by atoms with Crippen LogP contribution in [0.3, 0.4) is 0 Å². The number of nitrogens with one attached hydrogen (secondary N) is 1. The summed E-state index contributed by atoms with van der Waals surface area (Å²) in [5.41, 5.74) is 0.862. The number of nitrogens with zero attached hydrogens (tertiary/aromatic N) is 1. The number of esters is 1. The lowest BCUT2D eigenvalue weighted by Crippen LogP contribution is -2.35. The second-order valence-electron chi connectivity index (χ2n) is 6.85. The van der Waals surface area contributed by atoms with Gasteiger partial charge in [0.05, 0.1) is 27.4 Å². The summed E-state index contributed by atoms with van der Waals surface area (Å²) < 4.78 is 5.20. The van der Waals surface area contributed by atoms with Crippen molar-refractivity contribution in [1.29, 1.82) is 0 Å². The highest BCUT2D eigenvalue weighted by atomic mass is 35.5. The van der Waals surface area contributed by atoms with Crippen LogP contribution in [0.25, 0.3) is 0 Å². The van der Waals surface area contributed by atoms with E-state index in [0.717, 1.165) is 4.90 Å². The Labute approximate surface area is 172 Å². The Morgan fingerprint density at radius 2 is 1.66 bits per heavy atom. The fourth-order valence-electron chi connectivity index (χ4n) is 2.93. The summed E-state index contributed by atoms with van der Waals surface area (Å²) in [6.45, 7) is 4.89. The number of para-hydroxylation sites is 1. The van der Waals surface area contributed by atoms with Crippen LogP contribution in [0.2, 0.25) is 5.02 Å². The minimum Gasteiger partial charge on any atom is -0.449 e. The van der Waals surface area contributed by atoms with Gasteiger partial charge < -0.3 is 10.1 Å². The summed E-state index contributed by atoms with van der Waals surface area (Å²) in [5.74, 6) is -2.19. The zero-order valence-electron chi connectivity index (χ0n) is 16.1. The van der Waals surface area contributed by atoms with Crippen LogP contribution in [0.5, 0.6) is 0 Å². The Morgan fingerprint density at radius 3 is 2.31 bits per heavy atom. The van der Waals surface area contributed by atoms with Crippen LogP contribution in [0.15, 0.2) is 42.5 Å². The quantitative estimate of drug-likeness (QED) is 0.596. The van der Waals surface area contributed by atoms with Gasteiger partial charge in [0.15, 0.2) is 6.10 Å². The van der Waals surface area contributed by atoms with Gasteiger partial charge in [0.2, 0.25) is 0 Å². The molecular formula is C21H19ClN2O5. The van der Waals surface area contributed by atoms with E-state index in [1.807, 2.05) is 0 Å².